The van der Waals surface area contributed by atoms with Crippen molar-refractivity contribution < 1.29 is 4.42 Å². The van der Waals surface area contributed by atoms with Crippen molar-refractivity contribution in [3.63, 3.8) is 0 Å². The highest BCUT2D eigenvalue weighted by Gasteiger charge is 2.17. The second-order valence-corrected chi connectivity index (χ2v) is 5.90. The molecule has 0 fully saturated rings. The summed E-state index contributed by atoms with van der Waals surface area (Å²) in [5.74, 6) is 0.841. The highest BCUT2D eigenvalue weighted by Crippen LogP contribution is 2.22. The average molecular weight is 336 g/mol. The first kappa shape index (κ1) is 16.3. The van der Waals surface area contributed by atoms with Crippen molar-refractivity contribution in [3.05, 3.63) is 95.9 Å². The van der Waals surface area contributed by atoms with Crippen LogP contribution in [0.1, 0.15) is 22.9 Å². The zero-order valence-corrected chi connectivity index (χ0v) is 14.1. The Kier molecular flexibility index (Phi) is 5.64. The molecule has 0 saturated carbocycles. The Hall–Kier alpha value is -2.59. The molecule has 1 heterocycles. The molecule has 0 radical (unpaired) electrons. The summed E-state index contributed by atoms with van der Waals surface area (Å²) in [4.78, 5) is 0. The summed E-state index contributed by atoms with van der Waals surface area (Å²) < 4.78 is 5.57. The van der Waals surface area contributed by atoms with E-state index >= 15 is 0 Å². The van der Waals surface area contributed by atoms with E-state index in [1.54, 1.807) is 6.26 Å². The minimum Gasteiger partial charge on any atom is -0.467 e. The van der Waals surface area contributed by atoms with Gasteiger partial charge in [-0.05, 0) is 41.9 Å². The quantitative estimate of drug-likeness (QED) is 0.665. The predicted octanol–water partition coefficient (Wildman–Crippen LogP) is 4.08. The molecule has 1 atom stereocenters. The summed E-state index contributed by atoms with van der Waals surface area (Å²) in [6, 6.07) is 24.3. The molecule has 0 spiro atoms. The number of nitrogens with one attached hydrogen (secondary N) is 2. The van der Waals surface area contributed by atoms with Gasteiger partial charge in [0.25, 0.3) is 0 Å². The van der Waals surface area contributed by atoms with Crippen molar-refractivity contribution in [2.75, 3.05) is 6.54 Å². The fraction of sp³-hybridized carbons (Fsp3) is 0.150. The lowest BCUT2D eigenvalue weighted by Gasteiger charge is -2.19. The van der Waals surface area contributed by atoms with E-state index in [2.05, 4.69) is 34.9 Å². The van der Waals surface area contributed by atoms with Crippen molar-refractivity contribution in [2.24, 2.45) is 0 Å². The van der Waals surface area contributed by atoms with Crippen LogP contribution in [0.15, 0.2) is 83.5 Å². The summed E-state index contributed by atoms with van der Waals surface area (Å²) in [6.45, 7) is 0.787. The van der Waals surface area contributed by atoms with Crippen LogP contribution in [0.2, 0.25) is 0 Å². The van der Waals surface area contributed by atoms with Gasteiger partial charge in [-0.25, -0.2) is 0 Å². The average Bonchev–Trinajstić information content (AvgIpc) is 3.16. The Labute approximate surface area is 147 Å². The molecule has 0 bridgehead atoms. The number of hydrogen-bond donors (Lipinski definition) is 2. The van der Waals surface area contributed by atoms with Gasteiger partial charge in [0.1, 0.15) is 11.8 Å². The van der Waals surface area contributed by atoms with Gasteiger partial charge in [-0.1, -0.05) is 60.7 Å². The smallest absolute Gasteiger partial charge is 0.167 e. The topological polar surface area (TPSA) is 37.2 Å². The molecular weight excluding hydrogens is 316 g/mol. The minimum absolute atomic E-state index is 0.0991. The van der Waals surface area contributed by atoms with Crippen molar-refractivity contribution in [2.45, 2.75) is 12.5 Å². The van der Waals surface area contributed by atoms with E-state index in [1.807, 2.05) is 48.5 Å². The van der Waals surface area contributed by atoms with Crippen LogP contribution in [0.3, 0.4) is 0 Å². The molecule has 0 unspecified atom stereocenters. The van der Waals surface area contributed by atoms with Crippen molar-refractivity contribution in [1.82, 2.24) is 10.6 Å². The number of furan rings is 1. The lowest BCUT2D eigenvalue weighted by Crippen LogP contribution is -2.38. The van der Waals surface area contributed by atoms with E-state index in [-0.39, 0.29) is 6.04 Å². The summed E-state index contributed by atoms with van der Waals surface area (Å²) in [5.41, 5.74) is 2.40. The molecule has 1 aromatic heterocycles. The Balaban J connectivity index is 1.59. The first-order chi connectivity index (χ1) is 11.8. The molecule has 0 amide bonds. The third-order valence-electron chi connectivity index (χ3n) is 3.78. The van der Waals surface area contributed by atoms with Crippen molar-refractivity contribution >= 4 is 17.3 Å². The normalized spacial score (nSPS) is 11.7. The number of rotatable bonds is 6. The summed E-state index contributed by atoms with van der Waals surface area (Å²) in [6.07, 6.45) is 2.61. The molecule has 3 aromatic rings. The highest BCUT2D eigenvalue weighted by molar-refractivity contribution is 7.80. The van der Waals surface area contributed by atoms with E-state index in [4.69, 9.17) is 16.6 Å². The molecule has 2 aromatic carbocycles. The van der Waals surface area contributed by atoms with Crippen LogP contribution in [0.25, 0.3) is 0 Å². The first-order valence-electron chi connectivity index (χ1n) is 7.99. The summed E-state index contributed by atoms with van der Waals surface area (Å²) in [7, 11) is 0. The van der Waals surface area contributed by atoms with Crippen molar-refractivity contribution in [3.8, 4) is 0 Å². The lowest BCUT2D eigenvalue weighted by molar-refractivity contribution is 0.474. The standard InChI is InChI=1S/C20H20N2OS/c24-20(21-14-13-16-8-3-1-4-9-16)22-19(18-12-7-15-23-18)17-10-5-2-6-11-17/h1-12,15,19H,13-14H2,(H2,21,22,24)/t19-/m1/s1. The monoisotopic (exact) mass is 336 g/mol. The van der Waals surface area contributed by atoms with E-state index in [1.165, 1.54) is 5.56 Å². The molecule has 0 aliphatic heterocycles. The van der Waals surface area contributed by atoms with Gasteiger partial charge in [-0.2, -0.15) is 0 Å². The molecule has 0 saturated heterocycles. The van der Waals surface area contributed by atoms with Gasteiger partial charge in [-0.3, -0.25) is 0 Å². The van der Waals surface area contributed by atoms with E-state index in [0.29, 0.717) is 5.11 Å². The molecule has 0 aliphatic rings. The van der Waals surface area contributed by atoms with Gasteiger partial charge in [0.15, 0.2) is 5.11 Å². The molecule has 2 N–H and O–H groups in total. The van der Waals surface area contributed by atoms with E-state index in [0.717, 1.165) is 24.3 Å². The second-order valence-electron chi connectivity index (χ2n) is 5.49. The number of hydrogen-bond acceptors (Lipinski definition) is 2. The molecule has 24 heavy (non-hydrogen) atoms. The fourth-order valence-electron chi connectivity index (χ4n) is 2.57. The molecule has 3 rings (SSSR count). The molecule has 3 nitrogen and oxygen atoms in total. The number of benzene rings is 2. The van der Waals surface area contributed by atoms with Crippen LogP contribution in [-0.2, 0) is 6.42 Å². The number of thiocarbonyl (C=S) groups is 1. The van der Waals surface area contributed by atoms with Gasteiger partial charge in [0.05, 0.1) is 6.26 Å². The zero-order valence-electron chi connectivity index (χ0n) is 13.3. The second kappa shape index (κ2) is 8.31. The van der Waals surface area contributed by atoms with Crippen LogP contribution in [-0.4, -0.2) is 11.7 Å². The maximum Gasteiger partial charge on any atom is 0.167 e. The maximum atomic E-state index is 5.57. The van der Waals surface area contributed by atoms with Crippen LogP contribution in [0.5, 0.6) is 0 Å². The minimum atomic E-state index is -0.0991. The highest BCUT2D eigenvalue weighted by atomic mass is 32.1. The van der Waals surface area contributed by atoms with Crippen LogP contribution in [0, 0.1) is 0 Å². The van der Waals surface area contributed by atoms with E-state index < -0.39 is 0 Å². The largest absolute Gasteiger partial charge is 0.467 e. The molecule has 4 heteroatoms. The fourth-order valence-corrected chi connectivity index (χ4v) is 2.79. The Bertz CT molecular complexity index is 742. The predicted molar refractivity (Wildman–Crippen MR) is 101 cm³/mol. The summed E-state index contributed by atoms with van der Waals surface area (Å²) in [5, 5.41) is 7.24. The molecular formula is C20H20N2OS. The third-order valence-corrected chi connectivity index (χ3v) is 4.04. The lowest BCUT2D eigenvalue weighted by atomic mass is 10.1. The molecule has 0 aliphatic carbocycles. The molecule has 122 valence electrons. The van der Waals surface area contributed by atoms with Gasteiger partial charge >= 0.3 is 0 Å². The summed E-state index contributed by atoms with van der Waals surface area (Å²) >= 11 is 5.46. The Morgan fingerprint density at radius 1 is 0.917 bits per heavy atom. The van der Waals surface area contributed by atoms with Crippen LogP contribution < -0.4 is 10.6 Å². The zero-order chi connectivity index (χ0) is 16.6. The van der Waals surface area contributed by atoms with Gasteiger partial charge < -0.3 is 15.1 Å². The third kappa shape index (κ3) is 4.46. The Morgan fingerprint density at radius 2 is 1.62 bits per heavy atom. The van der Waals surface area contributed by atoms with Crippen LogP contribution >= 0.6 is 12.2 Å². The SMILES string of the molecule is S=C(NCCc1ccccc1)N[C@H](c1ccccc1)c1ccco1. The van der Waals surface area contributed by atoms with Gasteiger partial charge in [0.2, 0.25) is 0 Å². The maximum absolute atomic E-state index is 5.57. The van der Waals surface area contributed by atoms with E-state index in [9.17, 15) is 0 Å². The van der Waals surface area contributed by atoms with Crippen molar-refractivity contribution in [1.29, 1.82) is 0 Å². The van der Waals surface area contributed by atoms with Gasteiger partial charge in [-0.15, -0.1) is 0 Å². The van der Waals surface area contributed by atoms with Gasteiger partial charge in [0, 0.05) is 6.54 Å². The Morgan fingerprint density at radius 3 is 2.29 bits per heavy atom. The first-order valence-corrected chi connectivity index (χ1v) is 8.40. The van der Waals surface area contributed by atoms with Crippen LogP contribution in [0.4, 0.5) is 0 Å².